The van der Waals surface area contributed by atoms with Gasteiger partial charge in [-0.1, -0.05) is 35.4 Å². The first-order chi connectivity index (χ1) is 17.3. The van der Waals surface area contributed by atoms with Crippen LogP contribution >= 0.6 is 0 Å². The number of rotatable bonds is 6. The van der Waals surface area contributed by atoms with Crippen molar-refractivity contribution in [1.29, 1.82) is 0 Å². The number of ether oxygens (including phenoxy) is 1. The van der Waals surface area contributed by atoms with Crippen LogP contribution < -0.4 is 14.5 Å². The van der Waals surface area contributed by atoms with Crippen molar-refractivity contribution in [1.82, 2.24) is 4.98 Å². The van der Waals surface area contributed by atoms with Crippen LogP contribution in [0.25, 0.3) is 11.5 Å². The Balaban J connectivity index is 1.48. The van der Waals surface area contributed by atoms with E-state index in [9.17, 15) is 8.42 Å². The maximum atomic E-state index is 13.7. The van der Waals surface area contributed by atoms with E-state index < -0.39 is 9.84 Å². The van der Waals surface area contributed by atoms with Crippen LogP contribution in [0.5, 0.6) is 5.75 Å². The molecule has 2 heterocycles. The van der Waals surface area contributed by atoms with Gasteiger partial charge in [0.05, 0.1) is 12.0 Å². The van der Waals surface area contributed by atoms with Gasteiger partial charge in [0.25, 0.3) is 0 Å². The molecule has 186 valence electrons. The molecule has 1 fully saturated rings. The van der Waals surface area contributed by atoms with E-state index in [0.29, 0.717) is 24.9 Å². The number of hydrogen-bond donors (Lipinski definition) is 0. The number of methoxy groups -OCH3 is 1. The molecule has 36 heavy (non-hydrogen) atoms. The quantitative estimate of drug-likeness (QED) is 0.361. The molecule has 4 aromatic rings. The average Bonchev–Trinajstić information content (AvgIpc) is 3.36. The van der Waals surface area contributed by atoms with E-state index in [1.807, 2.05) is 67.3 Å². The first-order valence-electron chi connectivity index (χ1n) is 11.9. The van der Waals surface area contributed by atoms with Crippen molar-refractivity contribution >= 4 is 21.4 Å². The van der Waals surface area contributed by atoms with Gasteiger partial charge in [-0.25, -0.2) is 8.42 Å². The zero-order valence-electron chi connectivity index (χ0n) is 20.6. The van der Waals surface area contributed by atoms with Crippen molar-refractivity contribution in [3.05, 3.63) is 83.9 Å². The molecule has 7 nitrogen and oxygen atoms in total. The predicted molar refractivity (Wildman–Crippen MR) is 141 cm³/mol. The van der Waals surface area contributed by atoms with Crippen molar-refractivity contribution in [2.75, 3.05) is 43.1 Å². The summed E-state index contributed by atoms with van der Waals surface area (Å²) in [6.45, 7) is 6.55. The Bertz CT molecular complexity index is 1450. The van der Waals surface area contributed by atoms with E-state index in [4.69, 9.17) is 9.15 Å². The number of hydrogen-bond acceptors (Lipinski definition) is 7. The van der Waals surface area contributed by atoms with Gasteiger partial charge >= 0.3 is 0 Å². The third-order valence-electron chi connectivity index (χ3n) is 6.43. The summed E-state index contributed by atoms with van der Waals surface area (Å²) < 4.78 is 38.9. The van der Waals surface area contributed by atoms with Crippen molar-refractivity contribution < 1.29 is 17.6 Å². The molecule has 0 bridgehead atoms. The highest BCUT2D eigenvalue weighted by atomic mass is 32.2. The molecular formula is C28H29N3O4S. The SMILES string of the molecule is COc1ccc(N2CCN(c3oc(-c4cccc(C)c4)nc3S(=O)(=O)c3ccc(C)cc3)CC2)cc1. The van der Waals surface area contributed by atoms with E-state index in [2.05, 4.69) is 9.88 Å². The van der Waals surface area contributed by atoms with Crippen LogP contribution in [0.15, 0.2) is 87.1 Å². The maximum absolute atomic E-state index is 13.7. The van der Waals surface area contributed by atoms with Gasteiger partial charge in [-0.15, -0.1) is 0 Å². The molecule has 3 aromatic carbocycles. The summed E-state index contributed by atoms with van der Waals surface area (Å²) in [5, 5.41) is -0.0410. The Kier molecular flexibility index (Phi) is 6.45. The molecule has 0 aliphatic carbocycles. The number of oxazole rings is 1. The summed E-state index contributed by atoms with van der Waals surface area (Å²) >= 11 is 0. The minimum absolute atomic E-state index is 0.0410. The normalized spacial score (nSPS) is 14.2. The van der Waals surface area contributed by atoms with Crippen LogP contribution in [-0.4, -0.2) is 46.7 Å². The average molecular weight is 504 g/mol. The van der Waals surface area contributed by atoms with E-state index >= 15 is 0 Å². The molecule has 8 heteroatoms. The number of anilines is 2. The van der Waals surface area contributed by atoms with E-state index in [-0.39, 0.29) is 9.92 Å². The summed E-state index contributed by atoms with van der Waals surface area (Å²) in [6, 6.07) is 22.5. The summed E-state index contributed by atoms with van der Waals surface area (Å²) in [5.41, 5.74) is 3.88. The second-order valence-electron chi connectivity index (χ2n) is 8.99. The van der Waals surface area contributed by atoms with Crippen molar-refractivity contribution in [2.45, 2.75) is 23.8 Å². The van der Waals surface area contributed by atoms with Crippen LogP contribution in [0.3, 0.4) is 0 Å². The molecule has 0 unspecified atom stereocenters. The molecule has 5 rings (SSSR count). The highest BCUT2D eigenvalue weighted by Crippen LogP contribution is 2.36. The summed E-state index contributed by atoms with van der Waals surface area (Å²) in [6.07, 6.45) is 0. The van der Waals surface area contributed by atoms with Gasteiger partial charge in [0.15, 0.2) is 0 Å². The van der Waals surface area contributed by atoms with Crippen LogP contribution in [0.1, 0.15) is 11.1 Å². The molecule has 0 N–H and O–H groups in total. The van der Waals surface area contributed by atoms with Gasteiger partial charge in [-0.05, 0) is 62.4 Å². The topological polar surface area (TPSA) is 75.9 Å². The number of aryl methyl sites for hydroxylation is 2. The minimum Gasteiger partial charge on any atom is -0.497 e. The van der Waals surface area contributed by atoms with E-state index in [1.54, 1.807) is 31.4 Å². The summed E-state index contributed by atoms with van der Waals surface area (Å²) in [7, 11) is -2.23. The molecule has 0 radical (unpaired) electrons. The van der Waals surface area contributed by atoms with Crippen LogP contribution in [0.4, 0.5) is 11.6 Å². The maximum Gasteiger partial charge on any atom is 0.236 e. The number of nitrogens with zero attached hydrogens (tertiary/aromatic N) is 3. The fourth-order valence-corrected chi connectivity index (χ4v) is 5.69. The first-order valence-corrected chi connectivity index (χ1v) is 13.4. The number of benzene rings is 3. The Hall–Kier alpha value is -3.78. The molecule has 0 saturated carbocycles. The van der Waals surface area contributed by atoms with Gasteiger partial charge in [-0.3, -0.25) is 0 Å². The lowest BCUT2D eigenvalue weighted by Crippen LogP contribution is -2.46. The Morgan fingerprint density at radius 1 is 0.833 bits per heavy atom. The van der Waals surface area contributed by atoms with Crippen molar-refractivity contribution in [3.63, 3.8) is 0 Å². The Labute approximate surface area is 211 Å². The molecule has 1 saturated heterocycles. The van der Waals surface area contributed by atoms with Gasteiger partial charge < -0.3 is 19.0 Å². The lowest BCUT2D eigenvalue weighted by atomic mass is 10.1. The standard InChI is InChI=1S/C28H29N3O4S/c1-20-7-13-25(14-8-20)36(32,33)27-28(35-26(29-27)22-6-4-5-21(2)19-22)31-17-15-30(16-18-31)23-9-11-24(34-3)12-10-23/h4-14,19H,15-18H2,1-3H3. The fraction of sp³-hybridized carbons (Fsp3) is 0.250. The first kappa shape index (κ1) is 23.9. The molecule has 0 spiro atoms. The molecule has 0 atom stereocenters. The summed E-state index contributed by atoms with van der Waals surface area (Å²) in [5.74, 6) is 1.41. The molecular weight excluding hydrogens is 474 g/mol. The van der Waals surface area contributed by atoms with Crippen molar-refractivity contribution in [2.24, 2.45) is 0 Å². The number of aromatic nitrogens is 1. The monoisotopic (exact) mass is 503 g/mol. The molecule has 1 aliphatic heterocycles. The van der Waals surface area contributed by atoms with Crippen molar-refractivity contribution in [3.8, 4) is 17.2 Å². The van der Waals surface area contributed by atoms with E-state index in [0.717, 1.165) is 41.2 Å². The summed E-state index contributed by atoms with van der Waals surface area (Å²) in [4.78, 5) is 8.99. The zero-order valence-corrected chi connectivity index (χ0v) is 21.5. The number of sulfone groups is 1. The molecule has 0 amide bonds. The minimum atomic E-state index is -3.88. The van der Waals surface area contributed by atoms with E-state index in [1.165, 1.54) is 0 Å². The molecule has 1 aliphatic rings. The highest BCUT2D eigenvalue weighted by Gasteiger charge is 2.33. The van der Waals surface area contributed by atoms with Crippen LogP contribution in [0, 0.1) is 13.8 Å². The van der Waals surface area contributed by atoms with Gasteiger partial charge in [-0.2, -0.15) is 4.98 Å². The molecule has 1 aromatic heterocycles. The van der Waals surface area contributed by atoms with Crippen LogP contribution in [0.2, 0.25) is 0 Å². The second kappa shape index (κ2) is 9.70. The Morgan fingerprint density at radius 2 is 1.50 bits per heavy atom. The van der Waals surface area contributed by atoms with Gasteiger partial charge in [0.1, 0.15) is 5.75 Å². The fourth-order valence-electron chi connectivity index (χ4n) is 4.36. The lowest BCUT2D eigenvalue weighted by Gasteiger charge is -2.36. The highest BCUT2D eigenvalue weighted by molar-refractivity contribution is 7.91. The lowest BCUT2D eigenvalue weighted by molar-refractivity contribution is 0.415. The van der Waals surface area contributed by atoms with Gasteiger partial charge in [0, 0.05) is 37.4 Å². The number of piperazine rings is 1. The zero-order chi connectivity index (χ0) is 25.3. The largest absolute Gasteiger partial charge is 0.497 e. The van der Waals surface area contributed by atoms with Gasteiger partial charge in [0.2, 0.25) is 26.6 Å². The third kappa shape index (κ3) is 4.68. The van der Waals surface area contributed by atoms with Crippen LogP contribution in [-0.2, 0) is 9.84 Å². The smallest absolute Gasteiger partial charge is 0.236 e. The third-order valence-corrected chi connectivity index (χ3v) is 8.10. The Morgan fingerprint density at radius 3 is 2.14 bits per heavy atom. The predicted octanol–water partition coefficient (Wildman–Crippen LogP) is 5.13. The second-order valence-corrected chi connectivity index (χ2v) is 10.9.